The summed E-state index contributed by atoms with van der Waals surface area (Å²) in [4.78, 5) is 51.8. The van der Waals surface area contributed by atoms with Gasteiger partial charge in [-0.2, -0.15) is 0 Å². The summed E-state index contributed by atoms with van der Waals surface area (Å²) in [5.41, 5.74) is 3.41. The average molecular weight is 1060 g/mol. The summed E-state index contributed by atoms with van der Waals surface area (Å²) in [7, 11) is 0. The normalized spacial score (nSPS) is 14.8. The fraction of sp³-hybridized carbons (Fsp3) is 0.141. The van der Waals surface area contributed by atoms with Crippen LogP contribution in [0.4, 0.5) is 0 Å². The molecule has 1 unspecified atom stereocenters. The Labute approximate surface area is 462 Å². The molecule has 9 aromatic carbocycles. The van der Waals surface area contributed by atoms with Gasteiger partial charge in [0.25, 0.3) is 0 Å². The topological polar surface area (TPSA) is 78.9 Å². The fourth-order valence-electron chi connectivity index (χ4n) is 12.4. The Kier molecular flexibility index (Phi) is 14.8. The first-order chi connectivity index (χ1) is 38.3. The van der Waals surface area contributed by atoms with E-state index >= 15 is 14.4 Å². The maximum absolute atomic E-state index is 17.3. The molecule has 0 radical (unpaired) electrons. The van der Waals surface area contributed by atoms with Gasteiger partial charge in [-0.15, -0.1) is 0 Å². The Morgan fingerprint density at radius 2 is 0.551 bits per heavy atom. The zero-order chi connectivity index (χ0) is 53.6. The van der Waals surface area contributed by atoms with Crippen molar-refractivity contribution in [2.24, 2.45) is 5.92 Å². The van der Waals surface area contributed by atoms with Gasteiger partial charge in [-0.05, 0) is 0 Å². The van der Waals surface area contributed by atoms with E-state index in [4.69, 9.17) is 9.96 Å². The third-order valence-electron chi connectivity index (χ3n) is 16.1. The van der Waals surface area contributed by atoms with E-state index in [1.807, 2.05) is 280 Å². The minimum atomic E-state index is -6.43. The number of carbonyl (C=O) groups excluding carboxylic acids is 3. The molecule has 0 bridgehead atoms. The van der Waals surface area contributed by atoms with E-state index < -0.39 is 51.9 Å². The minimum absolute atomic E-state index is 0.136. The molecule has 0 aliphatic heterocycles. The van der Waals surface area contributed by atoms with Crippen LogP contribution >= 0.6 is 0 Å². The summed E-state index contributed by atoms with van der Waals surface area (Å²) in [5, 5.41) is 0. The van der Waals surface area contributed by atoms with Gasteiger partial charge in [0.2, 0.25) is 0 Å². The average Bonchev–Trinajstić information content (AvgIpc) is 3.96. The summed E-state index contributed by atoms with van der Waals surface area (Å²) < 4.78 is 23.7. The van der Waals surface area contributed by atoms with Crippen molar-refractivity contribution < 1.29 is 42.1 Å². The molecular formula is C71H60O6Ti. The molecule has 11 rings (SSSR count). The van der Waals surface area contributed by atoms with Crippen LogP contribution in [-0.4, -0.2) is 17.9 Å². The number of hydrogen-bond donors (Lipinski definition) is 0. The van der Waals surface area contributed by atoms with Gasteiger partial charge in [-0.25, -0.2) is 0 Å². The zero-order valence-electron chi connectivity index (χ0n) is 43.8. The molecule has 0 saturated carbocycles. The molecule has 0 N–H and O–H groups in total. The Balaban J connectivity index is 1.27. The molecule has 9 aromatic rings. The van der Waals surface area contributed by atoms with Gasteiger partial charge >= 0.3 is 465 Å². The van der Waals surface area contributed by atoms with Crippen LogP contribution in [0.5, 0.6) is 0 Å². The number of allylic oxidation sites excluding steroid dienone is 4. The van der Waals surface area contributed by atoms with Crippen LogP contribution in [-0.2, 0) is 58.3 Å². The van der Waals surface area contributed by atoms with Crippen molar-refractivity contribution in [2.45, 2.75) is 55.8 Å². The molecule has 2 aliphatic carbocycles. The molecule has 78 heavy (non-hydrogen) atoms. The van der Waals surface area contributed by atoms with E-state index in [1.165, 1.54) is 5.57 Å². The number of rotatable bonds is 16. The van der Waals surface area contributed by atoms with Crippen LogP contribution in [0.25, 0.3) is 0 Å². The van der Waals surface area contributed by atoms with Gasteiger partial charge < -0.3 is 0 Å². The molecule has 7 heteroatoms. The van der Waals surface area contributed by atoms with Gasteiger partial charge in [-0.1, -0.05) is 0 Å². The third-order valence-corrected chi connectivity index (χ3v) is 20.3. The molecule has 1 atom stereocenters. The fourth-order valence-corrected chi connectivity index (χ4v) is 17.0. The van der Waals surface area contributed by atoms with Gasteiger partial charge in [0.15, 0.2) is 0 Å². The SMILES string of the molecule is CC1=[C]([Ti]([O]C(=O)C(c2ccccc2)(c2ccccc2)c2ccccc2)([O]C(=O)C(c2ccccc2)(c2ccccc2)c2ccccc2)[O]C(=O)C(c2ccccc2)(c2ccccc2)c2ccccc2)C2=C(CCCC2)C1C. The van der Waals surface area contributed by atoms with Gasteiger partial charge in [0.1, 0.15) is 0 Å². The molecule has 384 valence electrons. The second kappa shape index (κ2) is 22.3. The molecule has 0 aromatic heterocycles. The number of hydrogen-bond acceptors (Lipinski definition) is 6. The monoisotopic (exact) mass is 1060 g/mol. The predicted molar refractivity (Wildman–Crippen MR) is 303 cm³/mol. The summed E-state index contributed by atoms with van der Waals surface area (Å²) in [5.74, 6) is -2.39. The molecule has 0 heterocycles. The summed E-state index contributed by atoms with van der Waals surface area (Å²) in [6.45, 7) is 4.19. The Bertz CT molecular complexity index is 2960. The standard InChI is InChI=1S/3C20H16O2.C11H15.Ti/c3*21-19(22)20(16-10-4-1-5-11-16,17-12-6-2-7-13-17)18-14-8-3-9-15-18;1-8-7-10-5-3-4-6-11(10)9(8)2;/h3*1-15H,(H,21,22);9H,3-6H2,1-2H3;/q;;;;+3/p-3. The van der Waals surface area contributed by atoms with E-state index in [0.717, 1.165) is 30.4 Å². The van der Waals surface area contributed by atoms with Crippen molar-refractivity contribution in [1.29, 1.82) is 0 Å². The molecule has 2 aliphatic rings. The van der Waals surface area contributed by atoms with Crippen molar-refractivity contribution in [1.82, 2.24) is 0 Å². The van der Waals surface area contributed by atoms with E-state index in [1.54, 1.807) is 0 Å². The van der Waals surface area contributed by atoms with Crippen molar-refractivity contribution in [3.63, 3.8) is 0 Å². The molecule has 0 amide bonds. The van der Waals surface area contributed by atoms with Crippen LogP contribution in [0.1, 0.15) is 89.6 Å². The van der Waals surface area contributed by atoms with Crippen molar-refractivity contribution in [2.75, 3.05) is 0 Å². The van der Waals surface area contributed by atoms with Crippen molar-refractivity contribution >= 4 is 17.9 Å². The van der Waals surface area contributed by atoms with Gasteiger partial charge in [0.05, 0.1) is 0 Å². The van der Waals surface area contributed by atoms with E-state index in [-0.39, 0.29) is 5.92 Å². The Morgan fingerprint density at radius 1 is 0.346 bits per heavy atom. The molecule has 6 nitrogen and oxygen atoms in total. The summed E-state index contributed by atoms with van der Waals surface area (Å²) in [6.07, 6.45) is 3.19. The summed E-state index contributed by atoms with van der Waals surface area (Å²) in [6, 6.07) is 86.2. The summed E-state index contributed by atoms with van der Waals surface area (Å²) >= 11 is -6.43. The number of carbonyl (C=O) groups is 3. The second-order valence-electron chi connectivity index (χ2n) is 20.3. The zero-order valence-corrected chi connectivity index (χ0v) is 45.4. The maximum atomic E-state index is 17.3. The molecular weight excluding hydrogens is 997 g/mol. The Morgan fingerprint density at radius 3 is 0.769 bits per heavy atom. The van der Waals surface area contributed by atoms with Crippen LogP contribution < -0.4 is 0 Å². The van der Waals surface area contributed by atoms with Gasteiger partial charge in [0, 0.05) is 0 Å². The molecule has 0 spiro atoms. The van der Waals surface area contributed by atoms with Crippen LogP contribution in [0.2, 0.25) is 0 Å². The van der Waals surface area contributed by atoms with Crippen LogP contribution in [0.15, 0.2) is 294 Å². The van der Waals surface area contributed by atoms with Crippen LogP contribution in [0.3, 0.4) is 0 Å². The second-order valence-corrected chi connectivity index (χ2v) is 23.7. The molecule has 0 saturated heterocycles. The van der Waals surface area contributed by atoms with E-state index in [0.29, 0.717) is 60.4 Å². The third kappa shape index (κ3) is 8.89. The Hall–Kier alpha value is -8.42. The van der Waals surface area contributed by atoms with Crippen molar-refractivity contribution in [3.8, 4) is 0 Å². The first kappa shape index (κ1) is 51.7. The first-order valence-corrected chi connectivity index (χ1v) is 29.6. The van der Waals surface area contributed by atoms with Crippen LogP contribution in [0, 0.1) is 5.92 Å². The molecule has 0 fully saturated rings. The van der Waals surface area contributed by atoms with Gasteiger partial charge in [-0.3, -0.25) is 0 Å². The number of benzene rings is 9. The predicted octanol–water partition coefficient (Wildman–Crippen LogP) is 15.4. The first-order valence-electron chi connectivity index (χ1n) is 26.9. The van der Waals surface area contributed by atoms with E-state index in [2.05, 4.69) is 6.92 Å². The quantitative estimate of drug-likeness (QED) is 0.0709. The van der Waals surface area contributed by atoms with E-state index in [9.17, 15) is 0 Å². The van der Waals surface area contributed by atoms with Crippen molar-refractivity contribution in [3.05, 3.63) is 344 Å².